The maximum absolute atomic E-state index is 14.0. The largest absolute Gasteiger partial charge is 0.465 e. The lowest BCUT2D eigenvalue weighted by atomic mass is 9.81. The smallest absolute Gasteiger partial charge is 0.316 e. The van der Waals surface area contributed by atoms with Gasteiger partial charge >= 0.3 is 5.97 Å². The molecule has 0 atom stereocenters. The van der Waals surface area contributed by atoms with E-state index in [9.17, 15) is 9.18 Å². The Labute approximate surface area is 102 Å². The summed E-state index contributed by atoms with van der Waals surface area (Å²) in [6.07, 6.45) is 0. The van der Waals surface area contributed by atoms with Crippen molar-refractivity contribution in [2.75, 3.05) is 6.61 Å². The van der Waals surface area contributed by atoms with Crippen molar-refractivity contribution in [1.82, 2.24) is 0 Å². The molecule has 0 amide bonds. The Morgan fingerprint density at radius 2 is 1.94 bits per heavy atom. The standard InChI is InChI=1S/C14H19FO2/c1-6-17-13(16)14(4,5)12-10(3)7-9(2)8-11(12)15/h7-8H,6H2,1-5H3. The molecule has 0 bridgehead atoms. The van der Waals surface area contributed by atoms with Crippen LogP contribution in [0.5, 0.6) is 0 Å². The highest BCUT2D eigenvalue weighted by Gasteiger charge is 2.35. The second-order valence-corrected chi connectivity index (χ2v) is 4.78. The van der Waals surface area contributed by atoms with Crippen LogP contribution in [0.25, 0.3) is 0 Å². The van der Waals surface area contributed by atoms with Crippen molar-refractivity contribution >= 4 is 5.97 Å². The van der Waals surface area contributed by atoms with Crippen LogP contribution < -0.4 is 0 Å². The Morgan fingerprint density at radius 1 is 1.35 bits per heavy atom. The minimum atomic E-state index is -0.960. The van der Waals surface area contributed by atoms with Gasteiger partial charge in [0.25, 0.3) is 0 Å². The zero-order valence-corrected chi connectivity index (χ0v) is 11.1. The summed E-state index contributed by atoms with van der Waals surface area (Å²) in [5.41, 5.74) is 1.09. The molecule has 0 saturated heterocycles. The highest BCUT2D eigenvalue weighted by Crippen LogP contribution is 2.31. The summed E-state index contributed by atoms with van der Waals surface area (Å²) in [5.74, 6) is -0.744. The topological polar surface area (TPSA) is 26.3 Å². The van der Waals surface area contributed by atoms with Crippen molar-refractivity contribution < 1.29 is 13.9 Å². The molecule has 17 heavy (non-hydrogen) atoms. The van der Waals surface area contributed by atoms with Gasteiger partial charge in [-0.2, -0.15) is 0 Å². The number of esters is 1. The van der Waals surface area contributed by atoms with Crippen LogP contribution in [0.2, 0.25) is 0 Å². The van der Waals surface area contributed by atoms with E-state index in [1.54, 1.807) is 20.8 Å². The molecule has 0 aliphatic heterocycles. The third-order valence-electron chi connectivity index (χ3n) is 2.84. The molecule has 3 heteroatoms. The average Bonchev–Trinajstić information content (AvgIpc) is 2.15. The van der Waals surface area contributed by atoms with Crippen LogP contribution in [0.3, 0.4) is 0 Å². The number of hydrogen-bond donors (Lipinski definition) is 0. The lowest BCUT2D eigenvalue weighted by Crippen LogP contribution is -2.33. The van der Waals surface area contributed by atoms with Crippen LogP contribution in [0.15, 0.2) is 12.1 Å². The summed E-state index contributed by atoms with van der Waals surface area (Å²) in [7, 11) is 0. The van der Waals surface area contributed by atoms with E-state index in [0.717, 1.165) is 11.1 Å². The molecule has 0 heterocycles. The minimum absolute atomic E-state index is 0.300. The van der Waals surface area contributed by atoms with Crippen molar-refractivity contribution in [2.24, 2.45) is 0 Å². The second-order valence-electron chi connectivity index (χ2n) is 4.78. The van der Waals surface area contributed by atoms with Crippen molar-refractivity contribution in [2.45, 2.75) is 40.0 Å². The lowest BCUT2D eigenvalue weighted by Gasteiger charge is -2.25. The van der Waals surface area contributed by atoms with Crippen LogP contribution in [-0.2, 0) is 14.9 Å². The quantitative estimate of drug-likeness (QED) is 0.755. The lowest BCUT2D eigenvalue weighted by molar-refractivity contribution is -0.148. The van der Waals surface area contributed by atoms with Gasteiger partial charge in [-0.25, -0.2) is 4.39 Å². The van der Waals surface area contributed by atoms with Gasteiger partial charge in [-0.3, -0.25) is 4.79 Å². The van der Waals surface area contributed by atoms with Crippen molar-refractivity contribution in [3.05, 3.63) is 34.6 Å². The summed E-state index contributed by atoms with van der Waals surface area (Å²) in [5, 5.41) is 0. The number of aryl methyl sites for hydroxylation is 2. The van der Waals surface area contributed by atoms with Crippen LogP contribution in [-0.4, -0.2) is 12.6 Å². The molecule has 0 N–H and O–H groups in total. The van der Waals surface area contributed by atoms with Crippen molar-refractivity contribution in [3.8, 4) is 0 Å². The van der Waals surface area contributed by atoms with Crippen LogP contribution in [0, 0.1) is 19.7 Å². The maximum atomic E-state index is 14.0. The summed E-state index contributed by atoms with van der Waals surface area (Å²) in [6, 6.07) is 3.32. The van der Waals surface area contributed by atoms with Crippen LogP contribution in [0.1, 0.15) is 37.5 Å². The number of carbonyl (C=O) groups excluding carboxylic acids is 1. The summed E-state index contributed by atoms with van der Waals surface area (Å²) in [6.45, 7) is 9.06. The molecular weight excluding hydrogens is 219 g/mol. The fraction of sp³-hybridized carbons (Fsp3) is 0.500. The molecule has 94 valence electrons. The fourth-order valence-electron chi connectivity index (χ4n) is 2.12. The highest BCUT2D eigenvalue weighted by atomic mass is 19.1. The summed E-state index contributed by atoms with van der Waals surface area (Å²) < 4.78 is 19.0. The molecule has 1 rings (SSSR count). The molecule has 0 saturated carbocycles. The Bertz CT molecular complexity index is 413. The van der Waals surface area contributed by atoms with E-state index in [4.69, 9.17) is 4.74 Å². The number of carbonyl (C=O) groups is 1. The predicted octanol–water partition coefficient (Wildman–Crippen LogP) is 3.28. The third-order valence-corrected chi connectivity index (χ3v) is 2.84. The normalized spacial score (nSPS) is 11.4. The molecule has 0 radical (unpaired) electrons. The second kappa shape index (κ2) is 4.86. The van der Waals surface area contributed by atoms with Gasteiger partial charge in [-0.15, -0.1) is 0 Å². The van der Waals surface area contributed by atoms with E-state index in [0.29, 0.717) is 12.2 Å². The van der Waals surface area contributed by atoms with Gasteiger partial charge < -0.3 is 4.74 Å². The minimum Gasteiger partial charge on any atom is -0.465 e. The van der Waals surface area contributed by atoms with Gasteiger partial charge in [0.2, 0.25) is 0 Å². The Kier molecular flexibility index (Phi) is 3.91. The predicted molar refractivity (Wildman–Crippen MR) is 65.5 cm³/mol. The SMILES string of the molecule is CCOC(=O)C(C)(C)c1c(C)cc(C)cc1F. The Balaban J connectivity index is 3.28. The monoisotopic (exact) mass is 238 g/mol. The van der Waals surface area contributed by atoms with Crippen molar-refractivity contribution in [1.29, 1.82) is 0 Å². The first-order valence-corrected chi connectivity index (χ1v) is 5.75. The van der Waals surface area contributed by atoms with Gasteiger partial charge in [0.15, 0.2) is 0 Å². The molecule has 1 aromatic rings. The first kappa shape index (κ1) is 13.7. The number of hydrogen-bond acceptors (Lipinski definition) is 2. The maximum Gasteiger partial charge on any atom is 0.316 e. The van der Waals surface area contributed by atoms with E-state index in [-0.39, 0.29) is 5.82 Å². The zero-order valence-electron chi connectivity index (χ0n) is 11.1. The van der Waals surface area contributed by atoms with Crippen LogP contribution in [0.4, 0.5) is 4.39 Å². The number of ether oxygens (including phenoxy) is 1. The molecular formula is C14H19FO2. The van der Waals surface area contributed by atoms with E-state index < -0.39 is 11.4 Å². The van der Waals surface area contributed by atoms with Gasteiger partial charge in [0, 0.05) is 5.56 Å². The highest BCUT2D eigenvalue weighted by molar-refractivity contribution is 5.82. The van der Waals surface area contributed by atoms with Gasteiger partial charge in [-0.05, 0) is 51.8 Å². The molecule has 2 nitrogen and oxygen atoms in total. The van der Waals surface area contributed by atoms with Gasteiger partial charge in [-0.1, -0.05) is 6.07 Å². The van der Waals surface area contributed by atoms with Gasteiger partial charge in [0.1, 0.15) is 5.82 Å². The summed E-state index contributed by atoms with van der Waals surface area (Å²) in [4.78, 5) is 11.9. The molecule has 0 spiro atoms. The molecule has 0 fully saturated rings. The first-order chi connectivity index (χ1) is 7.80. The van der Waals surface area contributed by atoms with E-state index in [1.807, 2.05) is 19.9 Å². The van der Waals surface area contributed by atoms with E-state index >= 15 is 0 Å². The third kappa shape index (κ3) is 2.65. The zero-order chi connectivity index (χ0) is 13.2. The Hall–Kier alpha value is -1.38. The molecule has 0 aromatic heterocycles. The summed E-state index contributed by atoms with van der Waals surface area (Å²) >= 11 is 0. The number of rotatable bonds is 3. The molecule has 0 aliphatic carbocycles. The fourth-order valence-corrected chi connectivity index (χ4v) is 2.12. The number of halogens is 1. The molecule has 0 aliphatic rings. The molecule has 1 aromatic carbocycles. The molecule has 0 unspecified atom stereocenters. The van der Waals surface area contributed by atoms with Crippen LogP contribution >= 0.6 is 0 Å². The Morgan fingerprint density at radius 3 is 2.41 bits per heavy atom. The number of benzene rings is 1. The first-order valence-electron chi connectivity index (χ1n) is 5.75. The van der Waals surface area contributed by atoms with Crippen molar-refractivity contribution in [3.63, 3.8) is 0 Å². The van der Waals surface area contributed by atoms with Gasteiger partial charge in [0.05, 0.1) is 12.0 Å². The van der Waals surface area contributed by atoms with E-state index in [1.165, 1.54) is 6.07 Å². The average molecular weight is 238 g/mol. The van der Waals surface area contributed by atoms with E-state index in [2.05, 4.69) is 0 Å².